The van der Waals surface area contributed by atoms with Gasteiger partial charge in [0.2, 0.25) is 0 Å². The molecule has 0 aromatic heterocycles. The van der Waals surface area contributed by atoms with E-state index in [1.807, 2.05) is 0 Å². The number of hydrogen-bond donors (Lipinski definition) is 7. The molecule has 10 heteroatoms. The first kappa shape index (κ1) is 20.9. The molecule has 0 aromatic carbocycles. The van der Waals surface area contributed by atoms with Gasteiger partial charge in [0.1, 0.15) is 48.8 Å². The molecular formula is C15H28O10. The van der Waals surface area contributed by atoms with E-state index in [2.05, 4.69) is 0 Å². The number of ether oxygens (including phenoxy) is 3. The molecule has 2 unspecified atom stereocenters. The lowest BCUT2D eigenvalue weighted by molar-refractivity contribution is -0.344. The highest BCUT2D eigenvalue weighted by Crippen LogP contribution is 2.31. The van der Waals surface area contributed by atoms with E-state index in [0.717, 1.165) is 0 Å². The van der Waals surface area contributed by atoms with Crippen LogP contribution in [-0.4, -0.2) is 110 Å². The van der Waals surface area contributed by atoms with E-state index in [1.165, 1.54) is 0 Å². The molecule has 7 N–H and O–H groups in total. The summed E-state index contributed by atoms with van der Waals surface area (Å²) in [5.41, 5.74) is 0. The lowest BCUT2D eigenvalue weighted by atomic mass is 9.89. The molecule has 2 rings (SSSR count). The Kier molecular flexibility index (Phi) is 7.13. The number of rotatable bonds is 5. The first-order chi connectivity index (χ1) is 11.7. The second-order valence-corrected chi connectivity index (χ2v) is 6.84. The molecule has 2 saturated heterocycles. The molecule has 2 fully saturated rings. The molecule has 2 heterocycles. The van der Waals surface area contributed by atoms with Crippen LogP contribution in [0.3, 0.4) is 0 Å². The van der Waals surface area contributed by atoms with Crippen molar-refractivity contribution < 1.29 is 50.0 Å². The zero-order chi connectivity index (χ0) is 18.9. The maximum Gasteiger partial charge on any atom is 0.187 e. The van der Waals surface area contributed by atoms with Gasteiger partial charge in [-0.1, -0.05) is 13.8 Å². The Morgan fingerprint density at radius 1 is 0.760 bits per heavy atom. The molecule has 148 valence electrons. The van der Waals surface area contributed by atoms with Gasteiger partial charge in [-0.25, -0.2) is 0 Å². The standard InChI is InChI=1S/C15H28O10/c1-5(2)13-14(11(21)9(19)6(3-16)23-13)25-15-12(22)10(20)8(18)7(4-17)24-15/h5-22H,3-4H2,1-2H3/t6-,7-,8-,9-,10+,11+,12-,13?,14-,15?/m1/s1. The minimum atomic E-state index is -1.63. The third-order valence-electron chi connectivity index (χ3n) is 4.70. The molecule has 25 heavy (non-hydrogen) atoms. The van der Waals surface area contributed by atoms with Crippen LogP contribution in [0.2, 0.25) is 0 Å². The Morgan fingerprint density at radius 3 is 1.80 bits per heavy atom. The molecule has 2 aliphatic rings. The van der Waals surface area contributed by atoms with E-state index < -0.39 is 74.4 Å². The quantitative estimate of drug-likeness (QED) is 0.256. The SMILES string of the molecule is CC(C)C1O[C@H](CO)[C@@H](O)[C@H](O)[C@H]1OC1O[C@H](CO)[C@@H](O)[C@H](O)[C@H]1O. The summed E-state index contributed by atoms with van der Waals surface area (Å²) >= 11 is 0. The predicted molar refractivity (Wildman–Crippen MR) is 81.2 cm³/mol. The Hall–Kier alpha value is -0.400. The third-order valence-corrected chi connectivity index (χ3v) is 4.70. The second kappa shape index (κ2) is 8.53. The highest BCUT2D eigenvalue weighted by atomic mass is 16.7. The fourth-order valence-corrected chi connectivity index (χ4v) is 3.15. The molecule has 0 radical (unpaired) electrons. The van der Waals surface area contributed by atoms with Gasteiger partial charge in [0, 0.05) is 0 Å². The molecule has 0 bridgehead atoms. The zero-order valence-electron chi connectivity index (χ0n) is 14.1. The fourth-order valence-electron chi connectivity index (χ4n) is 3.15. The molecule has 0 aromatic rings. The zero-order valence-corrected chi connectivity index (χ0v) is 14.1. The normalized spacial score (nSPS) is 48.7. The summed E-state index contributed by atoms with van der Waals surface area (Å²) in [6.07, 6.45) is -13.1. The van der Waals surface area contributed by atoms with Gasteiger partial charge in [-0.15, -0.1) is 0 Å². The van der Waals surface area contributed by atoms with Gasteiger partial charge in [0.05, 0.1) is 19.3 Å². The maximum absolute atomic E-state index is 10.4. The average molecular weight is 368 g/mol. The minimum Gasteiger partial charge on any atom is -0.394 e. The predicted octanol–water partition coefficient (Wildman–Crippen LogP) is -3.69. The van der Waals surface area contributed by atoms with Crippen molar-refractivity contribution in [3.8, 4) is 0 Å². The van der Waals surface area contributed by atoms with Crippen molar-refractivity contribution in [2.45, 2.75) is 75.1 Å². The summed E-state index contributed by atoms with van der Waals surface area (Å²) in [5.74, 6) is -0.175. The minimum absolute atomic E-state index is 0.175. The molecule has 0 saturated carbocycles. The topological polar surface area (TPSA) is 169 Å². The second-order valence-electron chi connectivity index (χ2n) is 6.84. The van der Waals surface area contributed by atoms with Crippen LogP contribution in [0.4, 0.5) is 0 Å². The van der Waals surface area contributed by atoms with Gasteiger partial charge < -0.3 is 50.0 Å². The number of aliphatic hydroxyl groups excluding tert-OH is 7. The van der Waals surface area contributed by atoms with E-state index in [1.54, 1.807) is 13.8 Å². The monoisotopic (exact) mass is 368 g/mol. The van der Waals surface area contributed by atoms with E-state index >= 15 is 0 Å². The Balaban J connectivity index is 2.17. The first-order valence-electron chi connectivity index (χ1n) is 8.31. The van der Waals surface area contributed by atoms with Gasteiger partial charge in [-0.2, -0.15) is 0 Å². The van der Waals surface area contributed by atoms with Crippen molar-refractivity contribution in [2.24, 2.45) is 5.92 Å². The van der Waals surface area contributed by atoms with E-state index in [9.17, 15) is 35.7 Å². The molecule has 0 amide bonds. The van der Waals surface area contributed by atoms with Crippen molar-refractivity contribution in [1.82, 2.24) is 0 Å². The first-order valence-corrected chi connectivity index (χ1v) is 8.31. The molecule has 0 spiro atoms. The van der Waals surface area contributed by atoms with E-state index in [0.29, 0.717) is 0 Å². The Morgan fingerprint density at radius 2 is 1.28 bits per heavy atom. The largest absolute Gasteiger partial charge is 0.394 e. The van der Waals surface area contributed by atoms with Gasteiger partial charge >= 0.3 is 0 Å². The van der Waals surface area contributed by atoms with Crippen LogP contribution >= 0.6 is 0 Å². The lowest BCUT2D eigenvalue weighted by Crippen LogP contribution is -2.65. The smallest absolute Gasteiger partial charge is 0.187 e. The Bertz CT molecular complexity index is 419. The number of hydrogen-bond acceptors (Lipinski definition) is 10. The van der Waals surface area contributed by atoms with Gasteiger partial charge in [-0.05, 0) is 5.92 Å². The molecule has 10 nitrogen and oxygen atoms in total. The van der Waals surface area contributed by atoms with Crippen LogP contribution in [0.15, 0.2) is 0 Å². The molecular weight excluding hydrogens is 340 g/mol. The van der Waals surface area contributed by atoms with Crippen LogP contribution in [0.5, 0.6) is 0 Å². The summed E-state index contributed by atoms with van der Waals surface area (Å²) in [4.78, 5) is 0. The van der Waals surface area contributed by atoms with Gasteiger partial charge in [0.15, 0.2) is 6.29 Å². The van der Waals surface area contributed by atoms with Crippen LogP contribution in [0, 0.1) is 5.92 Å². The van der Waals surface area contributed by atoms with E-state index in [4.69, 9.17) is 14.2 Å². The summed E-state index contributed by atoms with van der Waals surface area (Å²) in [6.45, 7) is 2.46. The summed E-state index contributed by atoms with van der Waals surface area (Å²) in [6, 6.07) is 0. The fraction of sp³-hybridized carbons (Fsp3) is 1.00. The third kappa shape index (κ3) is 4.14. The molecule has 2 aliphatic heterocycles. The summed E-state index contributed by atoms with van der Waals surface area (Å²) in [7, 11) is 0. The van der Waals surface area contributed by atoms with E-state index in [-0.39, 0.29) is 5.92 Å². The van der Waals surface area contributed by atoms with Crippen LogP contribution in [-0.2, 0) is 14.2 Å². The lowest BCUT2D eigenvalue weighted by Gasteiger charge is -2.47. The van der Waals surface area contributed by atoms with Crippen LogP contribution in [0.1, 0.15) is 13.8 Å². The Labute approximate surface area is 145 Å². The van der Waals surface area contributed by atoms with Crippen molar-refractivity contribution in [3.63, 3.8) is 0 Å². The molecule has 0 aliphatic carbocycles. The maximum atomic E-state index is 10.4. The van der Waals surface area contributed by atoms with Crippen molar-refractivity contribution in [3.05, 3.63) is 0 Å². The highest BCUT2D eigenvalue weighted by Gasteiger charge is 2.50. The summed E-state index contributed by atoms with van der Waals surface area (Å²) < 4.78 is 16.4. The van der Waals surface area contributed by atoms with Gasteiger partial charge in [0.25, 0.3) is 0 Å². The highest BCUT2D eigenvalue weighted by molar-refractivity contribution is 4.96. The van der Waals surface area contributed by atoms with Crippen LogP contribution in [0.25, 0.3) is 0 Å². The van der Waals surface area contributed by atoms with Crippen molar-refractivity contribution >= 4 is 0 Å². The van der Waals surface area contributed by atoms with Gasteiger partial charge in [-0.3, -0.25) is 0 Å². The molecule has 10 atom stereocenters. The van der Waals surface area contributed by atoms with Crippen molar-refractivity contribution in [1.29, 1.82) is 0 Å². The summed E-state index contributed by atoms with van der Waals surface area (Å²) in [5, 5.41) is 68.6. The van der Waals surface area contributed by atoms with Crippen LogP contribution < -0.4 is 0 Å². The van der Waals surface area contributed by atoms with Crippen molar-refractivity contribution in [2.75, 3.05) is 13.2 Å². The average Bonchev–Trinajstić information content (AvgIpc) is 2.59. The number of aliphatic hydroxyl groups is 7.